The standard InChI is InChI=1S/C23H41NP/c1-5-17-16-20-23(21(2)11-7-6-8-19(17)21)13-12-22(3)18(9-14-24-4)10-15-25(20,22)23/h17-20,24H,5-16H2,1-4H3/q+1/t17-,18?,19?,20?,21?,22?,23?,25?/m0/s1. The summed E-state index contributed by atoms with van der Waals surface area (Å²) in [5.41, 5.74) is 1.95. The molecule has 0 aromatic rings. The van der Waals surface area contributed by atoms with Crippen LogP contribution in [0.4, 0.5) is 0 Å². The number of rotatable bonds is 4. The van der Waals surface area contributed by atoms with Crippen LogP contribution in [0.3, 0.4) is 0 Å². The molecule has 2 heteroatoms. The Kier molecular flexibility index (Phi) is 3.83. The zero-order valence-electron chi connectivity index (χ0n) is 17.2. The first-order chi connectivity index (χ1) is 12.0. The fraction of sp³-hybridized carbons (Fsp3) is 1.00. The van der Waals surface area contributed by atoms with Crippen molar-refractivity contribution in [2.24, 2.45) is 23.2 Å². The molecule has 2 spiro atoms. The van der Waals surface area contributed by atoms with Crippen molar-refractivity contribution in [2.75, 3.05) is 19.8 Å². The summed E-state index contributed by atoms with van der Waals surface area (Å²) in [4.78, 5) is 0. The molecule has 3 heterocycles. The van der Waals surface area contributed by atoms with Crippen LogP contribution in [0.2, 0.25) is 0 Å². The van der Waals surface area contributed by atoms with Gasteiger partial charge in [0.25, 0.3) is 0 Å². The van der Waals surface area contributed by atoms with Crippen LogP contribution in [-0.4, -0.2) is 35.7 Å². The number of hydrogen-bond acceptors (Lipinski definition) is 1. The average Bonchev–Trinajstić information content (AvgIpc) is 2.94. The van der Waals surface area contributed by atoms with Crippen molar-refractivity contribution in [1.29, 1.82) is 0 Å². The number of nitrogens with one attached hydrogen (secondary N) is 1. The topological polar surface area (TPSA) is 12.0 Å². The van der Waals surface area contributed by atoms with Gasteiger partial charge < -0.3 is 5.32 Å². The molecule has 1 N–H and O–H groups in total. The van der Waals surface area contributed by atoms with E-state index >= 15 is 0 Å². The summed E-state index contributed by atoms with van der Waals surface area (Å²) in [6, 6.07) is 0. The lowest BCUT2D eigenvalue weighted by atomic mass is 9.51. The highest BCUT2D eigenvalue weighted by atomic mass is 31.2. The molecule has 3 saturated heterocycles. The smallest absolute Gasteiger partial charge is 0.123 e. The Morgan fingerprint density at radius 2 is 1.92 bits per heavy atom. The molecule has 0 amide bonds. The van der Waals surface area contributed by atoms with Crippen molar-refractivity contribution in [3.8, 4) is 0 Å². The minimum Gasteiger partial charge on any atom is -0.320 e. The normalized spacial score (nSPS) is 59.0. The summed E-state index contributed by atoms with van der Waals surface area (Å²) < 4.78 is 0. The summed E-state index contributed by atoms with van der Waals surface area (Å²) in [5.74, 6) is 3.20. The fourth-order valence-electron chi connectivity index (χ4n) is 10.1. The Hall–Kier alpha value is 0.390. The van der Waals surface area contributed by atoms with Gasteiger partial charge in [-0.25, -0.2) is 0 Å². The van der Waals surface area contributed by atoms with E-state index < -0.39 is 7.26 Å². The van der Waals surface area contributed by atoms with Gasteiger partial charge in [0.1, 0.15) is 10.8 Å². The van der Waals surface area contributed by atoms with E-state index in [9.17, 15) is 0 Å². The highest BCUT2D eigenvalue weighted by Gasteiger charge is 2.99. The fourth-order valence-corrected chi connectivity index (χ4v) is 19.5. The van der Waals surface area contributed by atoms with Crippen molar-refractivity contribution in [3.05, 3.63) is 0 Å². The van der Waals surface area contributed by atoms with Crippen LogP contribution in [0.25, 0.3) is 0 Å². The summed E-state index contributed by atoms with van der Waals surface area (Å²) in [7, 11) is 1.41. The Morgan fingerprint density at radius 1 is 1.08 bits per heavy atom. The first-order valence-electron chi connectivity index (χ1n) is 11.5. The van der Waals surface area contributed by atoms with E-state index in [-0.39, 0.29) is 0 Å². The van der Waals surface area contributed by atoms with E-state index in [1.165, 1.54) is 37.9 Å². The largest absolute Gasteiger partial charge is 0.320 e. The van der Waals surface area contributed by atoms with E-state index in [0.29, 0.717) is 0 Å². The first kappa shape index (κ1) is 17.5. The molecule has 2 aliphatic carbocycles. The Labute approximate surface area is 156 Å². The van der Waals surface area contributed by atoms with Gasteiger partial charge in [-0.3, -0.25) is 0 Å². The van der Waals surface area contributed by atoms with E-state index in [0.717, 1.165) is 33.5 Å². The molecular weight excluding hydrogens is 321 g/mol. The quantitative estimate of drug-likeness (QED) is 0.611. The predicted octanol–water partition coefficient (Wildman–Crippen LogP) is 5.93. The molecule has 2 saturated carbocycles. The molecule has 1 nitrogen and oxygen atoms in total. The number of hydrogen-bond donors (Lipinski definition) is 1. The van der Waals surface area contributed by atoms with E-state index in [4.69, 9.17) is 0 Å². The van der Waals surface area contributed by atoms with E-state index in [2.05, 4.69) is 33.1 Å². The molecule has 3 aliphatic heterocycles. The van der Waals surface area contributed by atoms with Crippen LogP contribution in [0.5, 0.6) is 0 Å². The van der Waals surface area contributed by atoms with Gasteiger partial charge in [0.2, 0.25) is 0 Å². The van der Waals surface area contributed by atoms with Crippen molar-refractivity contribution < 1.29 is 0 Å². The van der Waals surface area contributed by atoms with Crippen LogP contribution in [0, 0.1) is 23.2 Å². The molecule has 8 atom stereocenters. The molecule has 142 valence electrons. The van der Waals surface area contributed by atoms with Gasteiger partial charge in [-0.1, -0.05) is 33.1 Å². The van der Waals surface area contributed by atoms with E-state index in [1.807, 2.05) is 0 Å². The summed E-state index contributed by atoms with van der Waals surface area (Å²) in [6.07, 6.45) is 17.3. The predicted molar refractivity (Wildman–Crippen MR) is 111 cm³/mol. The molecule has 0 radical (unpaired) electrons. The first-order valence-corrected chi connectivity index (χ1v) is 13.6. The molecule has 0 aromatic heterocycles. The van der Waals surface area contributed by atoms with Gasteiger partial charge in [0, 0.05) is 18.6 Å². The Morgan fingerprint density at radius 3 is 2.68 bits per heavy atom. The lowest BCUT2D eigenvalue weighted by Gasteiger charge is -2.51. The van der Waals surface area contributed by atoms with E-state index in [1.54, 1.807) is 44.7 Å². The van der Waals surface area contributed by atoms with Crippen LogP contribution in [-0.2, 0) is 0 Å². The van der Waals surface area contributed by atoms with Crippen LogP contribution < -0.4 is 5.32 Å². The Balaban J connectivity index is 1.55. The minimum absolute atomic E-state index is 0.734. The summed E-state index contributed by atoms with van der Waals surface area (Å²) in [6.45, 7) is 9.39. The second kappa shape index (κ2) is 5.47. The van der Waals surface area contributed by atoms with Gasteiger partial charge >= 0.3 is 0 Å². The average molecular weight is 363 g/mol. The molecule has 25 heavy (non-hydrogen) atoms. The van der Waals surface area contributed by atoms with Crippen molar-refractivity contribution in [3.63, 3.8) is 0 Å². The van der Waals surface area contributed by atoms with Gasteiger partial charge in [0.15, 0.2) is 0 Å². The van der Waals surface area contributed by atoms with Gasteiger partial charge in [0.05, 0.1) is 11.3 Å². The third-order valence-corrected chi connectivity index (χ3v) is 18.3. The zero-order chi connectivity index (χ0) is 17.5. The van der Waals surface area contributed by atoms with Crippen LogP contribution in [0.1, 0.15) is 85.0 Å². The lowest BCUT2D eigenvalue weighted by Crippen LogP contribution is -2.51. The minimum atomic E-state index is -0.734. The third-order valence-electron chi connectivity index (χ3n) is 11.0. The molecule has 5 fully saturated rings. The summed E-state index contributed by atoms with van der Waals surface area (Å²) >= 11 is 0. The van der Waals surface area contributed by atoms with Crippen molar-refractivity contribution in [1.82, 2.24) is 5.32 Å². The molecule has 5 rings (SSSR count). The molecule has 7 unspecified atom stereocenters. The van der Waals surface area contributed by atoms with Crippen LogP contribution >= 0.6 is 7.26 Å². The van der Waals surface area contributed by atoms with Crippen molar-refractivity contribution in [2.45, 2.75) is 101 Å². The second-order valence-electron chi connectivity index (χ2n) is 10.9. The summed E-state index contributed by atoms with van der Waals surface area (Å²) in [5, 5.41) is 5.11. The van der Waals surface area contributed by atoms with Crippen LogP contribution in [0.15, 0.2) is 0 Å². The molecule has 0 aromatic carbocycles. The molecule has 0 bridgehead atoms. The SMILES string of the molecule is CC[C@H]1CC2C3(CCC4(C)C(CCNC)CC[P+]243)C2(C)CCCCC12. The van der Waals surface area contributed by atoms with Crippen molar-refractivity contribution >= 4 is 7.26 Å². The monoisotopic (exact) mass is 362 g/mol. The number of fused-ring (bicyclic) bond motifs is 1. The molecule has 5 aliphatic rings. The van der Waals surface area contributed by atoms with Gasteiger partial charge in [-0.05, 0) is 77.3 Å². The zero-order valence-corrected chi connectivity index (χ0v) is 18.1. The maximum Gasteiger partial charge on any atom is 0.123 e. The maximum absolute atomic E-state index is 3.46. The lowest BCUT2D eigenvalue weighted by molar-refractivity contribution is -0.00199. The van der Waals surface area contributed by atoms with Gasteiger partial charge in [-0.2, -0.15) is 0 Å². The second-order valence-corrected chi connectivity index (χ2v) is 15.6. The third kappa shape index (κ3) is 1.72. The van der Waals surface area contributed by atoms with Gasteiger partial charge in [-0.15, -0.1) is 0 Å². The highest BCUT2D eigenvalue weighted by Crippen LogP contribution is 3.09. The Bertz CT molecular complexity index is 562. The molecular formula is C23H41NP+. The maximum atomic E-state index is 3.46. The highest BCUT2D eigenvalue weighted by molar-refractivity contribution is 7.87.